The lowest BCUT2D eigenvalue weighted by molar-refractivity contribution is -0.141. The van der Waals surface area contributed by atoms with Gasteiger partial charge in [-0.3, -0.25) is 13.9 Å². The SMILES string of the molecule is CCCNC(=O)[C@@H](Cc1ccccc1)N(Cc1c(Cl)cccc1Cl)C(=O)CCCN(c1ccccc1OC)S(C)(=O)=O. The van der Waals surface area contributed by atoms with Crippen molar-refractivity contribution in [2.24, 2.45) is 0 Å². The predicted octanol–water partition coefficient (Wildman–Crippen LogP) is 5.71. The topological polar surface area (TPSA) is 96.0 Å². The molecule has 3 rings (SSSR count). The maximum absolute atomic E-state index is 13.9. The Morgan fingerprint density at radius 3 is 2.21 bits per heavy atom. The number of nitrogens with zero attached hydrogens (tertiary/aromatic N) is 2. The number of hydrogen-bond acceptors (Lipinski definition) is 5. The van der Waals surface area contributed by atoms with Crippen LogP contribution in [0, 0.1) is 0 Å². The molecular formula is C31H37Cl2N3O5S. The largest absolute Gasteiger partial charge is 0.495 e. The zero-order valence-electron chi connectivity index (χ0n) is 24.1. The Morgan fingerprint density at radius 1 is 0.952 bits per heavy atom. The van der Waals surface area contributed by atoms with Crippen molar-refractivity contribution in [2.75, 3.05) is 30.8 Å². The lowest BCUT2D eigenvalue weighted by Crippen LogP contribution is -2.50. The molecule has 0 heterocycles. The van der Waals surface area contributed by atoms with E-state index in [-0.39, 0.29) is 44.2 Å². The van der Waals surface area contributed by atoms with Crippen molar-refractivity contribution < 1.29 is 22.7 Å². The number of hydrogen-bond donors (Lipinski definition) is 1. The van der Waals surface area contributed by atoms with Crippen LogP contribution in [0.2, 0.25) is 10.0 Å². The first-order valence-electron chi connectivity index (χ1n) is 13.7. The second-order valence-electron chi connectivity index (χ2n) is 9.83. The van der Waals surface area contributed by atoms with Gasteiger partial charge in [0.15, 0.2) is 0 Å². The summed E-state index contributed by atoms with van der Waals surface area (Å²) < 4.78 is 32.0. The summed E-state index contributed by atoms with van der Waals surface area (Å²) in [5.74, 6) is -0.212. The number of anilines is 1. The highest BCUT2D eigenvalue weighted by Crippen LogP contribution is 2.30. The van der Waals surface area contributed by atoms with Crippen LogP contribution in [-0.4, -0.2) is 57.6 Å². The number of benzene rings is 3. The van der Waals surface area contributed by atoms with Gasteiger partial charge in [-0.1, -0.05) is 78.7 Å². The number of halogens is 2. The molecule has 0 aliphatic heterocycles. The van der Waals surface area contributed by atoms with Gasteiger partial charge in [0.05, 0.1) is 19.1 Å². The number of amides is 2. The van der Waals surface area contributed by atoms with E-state index >= 15 is 0 Å². The van der Waals surface area contributed by atoms with Crippen LogP contribution < -0.4 is 14.4 Å². The van der Waals surface area contributed by atoms with Gasteiger partial charge in [-0.25, -0.2) is 8.42 Å². The van der Waals surface area contributed by atoms with Gasteiger partial charge in [0.25, 0.3) is 0 Å². The summed E-state index contributed by atoms with van der Waals surface area (Å²) >= 11 is 13.0. The zero-order chi connectivity index (χ0) is 30.7. The molecule has 3 aromatic rings. The van der Waals surface area contributed by atoms with Gasteiger partial charge in [-0.05, 0) is 42.7 Å². The van der Waals surface area contributed by atoms with Crippen LogP contribution in [0.1, 0.15) is 37.3 Å². The third-order valence-electron chi connectivity index (χ3n) is 6.72. The van der Waals surface area contributed by atoms with Crippen molar-refractivity contribution in [3.8, 4) is 5.75 Å². The fraction of sp³-hybridized carbons (Fsp3) is 0.355. The van der Waals surface area contributed by atoms with Gasteiger partial charge in [0.1, 0.15) is 11.8 Å². The second kappa shape index (κ2) is 15.8. The fourth-order valence-corrected chi connectivity index (χ4v) is 6.08. The van der Waals surface area contributed by atoms with E-state index in [1.165, 1.54) is 16.3 Å². The summed E-state index contributed by atoms with van der Waals surface area (Å²) in [5, 5.41) is 3.69. The number of sulfonamides is 1. The molecule has 42 heavy (non-hydrogen) atoms. The molecular weight excluding hydrogens is 597 g/mol. The Bertz CT molecular complexity index is 1430. The molecule has 2 amide bonds. The third kappa shape index (κ3) is 9.11. The van der Waals surface area contributed by atoms with Gasteiger partial charge in [0, 0.05) is 48.1 Å². The Kier molecular flexibility index (Phi) is 12.5. The van der Waals surface area contributed by atoms with Gasteiger partial charge in [0.2, 0.25) is 21.8 Å². The maximum Gasteiger partial charge on any atom is 0.243 e. The highest BCUT2D eigenvalue weighted by atomic mass is 35.5. The second-order valence-corrected chi connectivity index (χ2v) is 12.6. The van der Waals surface area contributed by atoms with E-state index in [9.17, 15) is 18.0 Å². The van der Waals surface area contributed by atoms with E-state index in [2.05, 4.69) is 5.32 Å². The zero-order valence-corrected chi connectivity index (χ0v) is 26.4. The van der Waals surface area contributed by atoms with E-state index in [0.717, 1.165) is 18.2 Å². The van der Waals surface area contributed by atoms with Crippen LogP contribution in [0.3, 0.4) is 0 Å². The van der Waals surface area contributed by atoms with Gasteiger partial charge in [-0.2, -0.15) is 0 Å². The summed E-state index contributed by atoms with van der Waals surface area (Å²) in [6.07, 6.45) is 2.31. The van der Waals surface area contributed by atoms with Crippen molar-refractivity contribution in [2.45, 2.75) is 45.2 Å². The first-order valence-corrected chi connectivity index (χ1v) is 16.3. The molecule has 11 heteroatoms. The molecule has 0 spiro atoms. The molecule has 0 fully saturated rings. The summed E-state index contributed by atoms with van der Waals surface area (Å²) in [5.41, 5.74) is 1.80. The van der Waals surface area contributed by atoms with Gasteiger partial charge in [-0.15, -0.1) is 0 Å². The standard InChI is InChI=1S/C31H37Cl2N3O5S/c1-4-19-34-31(38)28(21-23-12-6-5-7-13-23)35(22-24-25(32)14-10-15-26(24)33)30(37)18-11-20-36(42(3,39)40)27-16-8-9-17-29(27)41-2/h5-10,12-17,28H,4,11,18-22H2,1-3H3,(H,34,38)/t28-/m1/s1. The number of carbonyl (C=O) groups is 2. The Hall–Kier alpha value is -3.27. The number of carbonyl (C=O) groups excluding carboxylic acids is 2. The highest BCUT2D eigenvalue weighted by molar-refractivity contribution is 7.92. The first-order chi connectivity index (χ1) is 20.1. The van der Waals surface area contributed by atoms with Crippen molar-refractivity contribution in [3.63, 3.8) is 0 Å². The average Bonchev–Trinajstić information content (AvgIpc) is 2.97. The van der Waals surface area contributed by atoms with Crippen molar-refractivity contribution in [1.82, 2.24) is 10.2 Å². The molecule has 0 unspecified atom stereocenters. The molecule has 226 valence electrons. The minimum atomic E-state index is -3.68. The lowest BCUT2D eigenvalue weighted by Gasteiger charge is -2.32. The van der Waals surface area contributed by atoms with Crippen LogP contribution in [0.5, 0.6) is 5.75 Å². The molecule has 1 N–H and O–H groups in total. The molecule has 0 aromatic heterocycles. The van der Waals surface area contributed by atoms with Crippen LogP contribution in [-0.2, 0) is 32.6 Å². The predicted molar refractivity (Wildman–Crippen MR) is 169 cm³/mol. The van der Waals surface area contributed by atoms with Gasteiger partial charge >= 0.3 is 0 Å². The van der Waals surface area contributed by atoms with E-state index in [0.29, 0.717) is 33.6 Å². The molecule has 0 aliphatic carbocycles. The molecule has 0 saturated heterocycles. The maximum atomic E-state index is 13.9. The number of para-hydroxylation sites is 2. The van der Waals surface area contributed by atoms with Crippen molar-refractivity contribution in [3.05, 3.63) is 94.0 Å². The number of ether oxygens (including phenoxy) is 1. The van der Waals surface area contributed by atoms with E-state index in [1.54, 1.807) is 42.5 Å². The molecule has 3 aromatic carbocycles. The van der Waals surface area contributed by atoms with Crippen molar-refractivity contribution >= 4 is 50.7 Å². The Morgan fingerprint density at radius 2 is 1.60 bits per heavy atom. The van der Waals surface area contributed by atoms with E-state index < -0.39 is 16.1 Å². The lowest BCUT2D eigenvalue weighted by atomic mass is 10.0. The summed E-state index contributed by atoms with van der Waals surface area (Å²) in [6.45, 7) is 2.46. The summed E-state index contributed by atoms with van der Waals surface area (Å²) in [4.78, 5) is 28.9. The normalized spacial score (nSPS) is 11.9. The monoisotopic (exact) mass is 633 g/mol. The molecule has 0 saturated carbocycles. The summed E-state index contributed by atoms with van der Waals surface area (Å²) in [6, 6.07) is 20.5. The van der Waals surface area contributed by atoms with Crippen LogP contribution in [0.4, 0.5) is 5.69 Å². The highest BCUT2D eigenvalue weighted by Gasteiger charge is 2.31. The van der Waals surface area contributed by atoms with Crippen LogP contribution in [0.15, 0.2) is 72.8 Å². The minimum Gasteiger partial charge on any atom is -0.495 e. The molecule has 0 bridgehead atoms. The number of nitrogens with one attached hydrogen (secondary N) is 1. The average molecular weight is 635 g/mol. The molecule has 0 radical (unpaired) electrons. The summed E-state index contributed by atoms with van der Waals surface area (Å²) in [7, 11) is -2.21. The van der Waals surface area contributed by atoms with E-state index in [1.807, 2.05) is 37.3 Å². The smallest absolute Gasteiger partial charge is 0.243 e. The Labute approximate surface area is 258 Å². The first kappa shape index (κ1) is 33.2. The molecule has 0 aliphatic rings. The van der Waals surface area contributed by atoms with Crippen LogP contribution >= 0.6 is 23.2 Å². The number of rotatable bonds is 15. The minimum absolute atomic E-state index is 0.0106. The van der Waals surface area contributed by atoms with Gasteiger partial charge < -0.3 is 15.0 Å². The number of methoxy groups -OCH3 is 1. The Balaban J connectivity index is 1.93. The quantitative estimate of drug-likeness (QED) is 0.231. The van der Waals surface area contributed by atoms with Crippen molar-refractivity contribution in [1.29, 1.82) is 0 Å². The molecule has 1 atom stereocenters. The van der Waals surface area contributed by atoms with E-state index in [4.69, 9.17) is 27.9 Å². The third-order valence-corrected chi connectivity index (χ3v) is 8.60. The fourth-order valence-electron chi connectivity index (χ4n) is 4.59. The van der Waals surface area contributed by atoms with Crippen LogP contribution in [0.25, 0.3) is 0 Å². The molecule has 8 nitrogen and oxygen atoms in total.